The number of rotatable bonds is 2. The lowest BCUT2D eigenvalue weighted by Crippen LogP contribution is -2.06. The summed E-state index contributed by atoms with van der Waals surface area (Å²) in [5.41, 5.74) is 0.642. The van der Waals surface area contributed by atoms with Crippen molar-refractivity contribution in [2.75, 3.05) is 0 Å². The van der Waals surface area contributed by atoms with E-state index in [9.17, 15) is 0 Å². The van der Waals surface area contributed by atoms with Crippen molar-refractivity contribution in [3.63, 3.8) is 0 Å². The Bertz CT molecular complexity index is 215. The summed E-state index contributed by atoms with van der Waals surface area (Å²) in [5, 5.41) is 15.2. The Morgan fingerprint density at radius 3 is 3.10 bits per heavy atom. The SMILES string of the molecule is C/C(Cn1cccn1)=N\O. The zero-order valence-corrected chi connectivity index (χ0v) is 5.73. The summed E-state index contributed by atoms with van der Waals surface area (Å²) in [6.07, 6.45) is 3.50. The van der Waals surface area contributed by atoms with Gasteiger partial charge >= 0.3 is 0 Å². The summed E-state index contributed by atoms with van der Waals surface area (Å²) in [6, 6.07) is 1.82. The maximum Gasteiger partial charge on any atom is 0.0822 e. The van der Waals surface area contributed by atoms with Crippen LogP contribution in [0.5, 0.6) is 0 Å². The van der Waals surface area contributed by atoms with Crippen LogP contribution in [0.2, 0.25) is 0 Å². The number of hydrogen-bond acceptors (Lipinski definition) is 3. The van der Waals surface area contributed by atoms with Crippen molar-refractivity contribution in [2.24, 2.45) is 5.16 Å². The van der Waals surface area contributed by atoms with Gasteiger partial charge in [-0.25, -0.2) is 0 Å². The van der Waals surface area contributed by atoms with Gasteiger partial charge in [-0.05, 0) is 13.0 Å². The number of nitrogens with zero attached hydrogens (tertiary/aromatic N) is 3. The summed E-state index contributed by atoms with van der Waals surface area (Å²) in [6.45, 7) is 2.28. The van der Waals surface area contributed by atoms with E-state index in [1.54, 1.807) is 17.8 Å². The van der Waals surface area contributed by atoms with Crippen molar-refractivity contribution in [3.05, 3.63) is 18.5 Å². The van der Waals surface area contributed by atoms with Crippen LogP contribution in [0.15, 0.2) is 23.6 Å². The summed E-state index contributed by atoms with van der Waals surface area (Å²) < 4.78 is 1.69. The van der Waals surface area contributed by atoms with Gasteiger partial charge in [0, 0.05) is 12.4 Å². The third-order valence-electron chi connectivity index (χ3n) is 1.12. The van der Waals surface area contributed by atoms with Gasteiger partial charge in [0.05, 0.1) is 12.3 Å². The first-order valence-electron chi connectivity index (χ1n) is 2.98. The first-order chi connectivity index (χ1) is 4.83. The molecule has 0 radical (unpaired) electrons. The average molecular weight is 139 g/mol. The maximum absolute atomic E-state index is 8.28. The zero-order chi connectivity index (χ0) is 7.40. The molecule has 1 heterocycles. The Morgan fingerprint density at radius 1 is 1.80 bits per heavy atom. The van der Waals surface area contributed by atoms with Crippen molar-refractivity contribution in [2.45, 2.75) is 13.5 Å². The van der Waals surface area contributed by atoms with E-state index in [1.165, 1.54) is 0 Å². The average Bonchev–Trinajstić information content (AvgIpc) is 2.40. The molecule has 0 spiro atoms. The molecule has 0 amide bonds. The highest BCUT2D eigenvalue weighted by Crippen LogP contribution is 1.85. The predicted octanol–water partition coefficient (Wildman–Crippen LogP) is 0.733. The number of aromatic nitrogens is 2. The van der Waals surface area contributed by atoms with Crippen LogP contribution >= 0.6 is 0 Å². The summed E-state index contributed by atoms with van der Waals surface area (Å²) in [7, 11) is 0. The summed E-state index contributed by atoms with van der Waals surface area (Å²) >= 11 is 0. The molecule has 0 aromatic carbocycles. The van der Waals surface area contributed by atoms with Crippen LogP contribution in [0, 0.1) is 0 Å². The van der Waals surface area contributed by atoms with Crippen LogP contribution in [-0.2, 0) is 6.54 Å². The fourth-order valence-electron chi connectivity index (χ4n) is 0.660. The fraction of sp³-hybridized carbons (Fsp3) is 0.333. The minimum Gasteiger partial charge on any atom is -0.411 e. The molecule has 1 aromatic rings. The second-order valence-electron chi connectivity index (χ2n) is 2.04. The van der Waals surface area contributed by atoms with Crippen LogP contribution in [0.1, 0.15) is 6.92 Å². The lowest BCUT2D eigenvalue weighted by atomic mass is 10.4. The van der Waals surface area contributed by atoms with Gasteiger partial charge in [-0.1, -0.05) is 5.16 Å². The molecule has 0 aliphatic heterocycles. The maximum atomic E-state index is 8.28. The van der Waals surface area contributed by atoms with E-state index in [-0.39, 0.29) is 0 Å². The number of hydrogen-bond donors (Lipinski definition) is 1. The molecule has 0 saturated carbocycles. The third kappa shape index (κ3) is 1.58. The van der Waals surface area contributed by atoms with Crippen molar-refractivity contribution >= 4 is 5.71 Å². The van der Waals surface area contributed by atoms with Crippen LogP contribution < -0.4 is 0 Å². The Balaban J connectivity index is 2.56. The molecular formula is C6H9N3O. The van der Waals surface area contributed by atoms with Gasteiger partial charge in [0.1, 0.15) is 0 Å². The second kappa shape index (κ2) is 3.00. The molecule has 0 fully saturated rings. The Labute approximate surface area is 58.8 Å². The van der Waals surface area contributed by atoms with E-state index in [2.05, 4.69) is 10.3 Å². The highest BCUT2D eigenvalue weighted by molar-refractivity contribution is 5.80. The van der Waals surface area contributed by atoms with Gasteiger partial charge in [-0.3, -0.25) is 4.68 Å². The van der Waals surface area contributed by atoms with Gasteiger partial charge in [-0.2, -0.15) is 5.10 Å². The normalized spacial score (nSPS) is 11.9. The Hall–Kier alpha value is -1.32. The molecule has 0 aliphatic rings. The van der Waals surface area contributed by atoms with Crippen LogP contribution in [-0.4, -0.2) is 20.7 Å². The van der Waals surface area contributed by atoms with E-state index >= 15 is 0 Å². The van der Waals surface area contributed by atoms with Crippen LogP contribution in [0.3, 0.4) is 0 Å². The Morgan fingerprint density at radius 2 is 2.60 bits per heavy atom. The summed E-state index contributed by atoms with van der Waals surface area (Å²) in [4.78, 5) is 0. The van der Waals surface area contributed by atoms with Gasteiger partial charge < -0.3 is 5.21 Å². The molecule has 0 unspecified atom stereocenters. The van der Waals surface area contributed by atoms with Crippen LogP contribution in [0.25, 0.3) is 0 Å². The topological polar surface area (TPSA) is 50.4 Å². The zero-order valence-electron chi connectivity index (χ0n) is 5.73. The number of oxime groups is 1. The quantitative estimate of drug-likeness (QED) is 0.373. The molecule has 0 bridgehead atoms. The van der Waals surface area contributed by atoms with Crippen LogP contribution in [0.4, 0.5) is 0 Å². The van der Waals surface area contributed by atoms with E-state index in [0.717, 1.165) is 0 Å². The van der Waals surface area contributed by atoms with E-state index in [0.29, 0.717) is 12.3 Å². The molecule has 10 heavy (non-hydrogen) atoms. The Kier molecular flexibility index (Phi) is 2.04. The summed E-state index contributed by atoms with van der Waals surface area (Å²) in [5.74, 6) is 0. The molecule has 1 rings (SSSR count). The molecule has 1 aromatic heterocycles. The van der Waals surface area contributed by atoms with E-state index < -0.39 is 0 Å². The third-order valence-corrected chi connectivity index (χ3v) is 1.12. The first-order valence-corrected chi connectivity index (χ1v) is 2.98. The lowest BCUT2D eigenvalue weighted by molar-refractivity contribution is 0.316. The van der Waals surface area contributed by atoms with E-state index in [1.807, 2.05) is 12.3 Å². The van der Waals surface area contributed by atoms with Gasteiger partial charge in [0.25, 0.3) is 0 Å². The smallest absolute Gasteiger partial charge is 0.0822 e. The van der Waals surface area contributed by atoms with E-state index in [4.69, 9.17) is 5.21 Å². The molecule has 1 N–H and O–H groups in total. The minimum atomic E-state index is 0.545. The van der Waals surface area contributed by atoms with Crippen molar-refractivity contribution in [3.8, 4) is 0 Å². The molecule has 4 heteroatoms. The highest BCUT2D eigenvalue weighted by Gasteiger charge is 1.92. The van der Waals surface area contributed by atoms with Gasteiger partial charge in [0.15, 0.2) is 0 Å². The largest absolute Gasteiger partial charge is 0.411 e. The monoisotopic (exact) mass is 139 g/mol. The first kappa shape index (κ1) is 6.80. The molecule has 4 nitrogen and oxygen atoms in total. The second-order valence-corrected chi connectivity index (χ2v) is 2.04. The van der Waals surface area contributed by atoms with Gasteiger partial charge in [-0.15, -0.1) is 0 Å². The lowest BCUT2D eigenvalue weighted by Gasteiger charge is -1.96. The van der Waals surface area contributed by atoms with Crippen molar-refractivity contribution < 1.29 is 5.21 Å². The van der Waals surface area contributed by atoms with Crippen molar-refractivity contribution in [1.82, 2.24) is 9.78 Å². The van der Waals surface area contributed by atoms with Crippen molar-refractivity contribution in [1.29, 1.82) is 0 Å². The fourth-order valence-corrected chi connectivity index (χ4v) is 0.660. The molecule has 0 atom stereocenters. The highest BCUT2D eigenvalue weighted by atomic mass is 16.4. The standard InChI is InChI=1S/C6H9N3O/c1-6(8-10)5-9-4-2-3-7-9/h2-4,10H,5H2,1H3/b8-6+. The molecule has 0 aliphatic carbocycles. The minimum absolute atomic E-state index is 0.545. The molecular weight excluding hydrogens is 130 g/mol. The molecule has 54 valence electrons. The molecule has 0 saturated heterocycles. The van der Waals surface area contributed by atoms with Gasteiger partial charge in [0.2, 0.25) is 0 Å². The predicted molar refractivity (Wildman–Crippen MR) is 37.1 cm³/mol.